The van der Waals surface area contributed by atoms with Crippen molar-refractivity contribution in [2.75, 3.05) is 14.2 Å². The van der Waals surface area contributed by atoms with Crippen molar-refractivity contribution in [3.8, 4) is 0 Å². The topological polar surface area (TPSA) is 44.8 Å². The van der Waals surface area contributed by atoms with Gasteiger partial charge in [-0.15, -0.1) is 0 Å². The van der Waals surface area contributed by atoms with E-state index < -0.39 is 20.5 Å². The molecule has 0 N–H and O–H groups in total. The first-order chi connectivity index (χ1) is 11.7. The quantitative estimate of drug-likeness (QED) is 0.151. The first kappa shape index (κ1) is 22.3. The van der Waals surface area contributed by atoms with Gasteiger partial charge in [-0.25, -0.2) is 0 Å². The molecule has 4 nitrogen and oxygen atoms in total. The van der Waals surface area contributed by atoms with Gasteiger partial charge in [0.25, 0.3) is 0 Å². The first-order valence-corrected chi connectivity index (χ1v) is 11.6. The van der Waals surface area contributed by atoms with Gasteiger partial charge in [-0.2, -0.15) is 0 Å². The van der Waals surface area contributed by atoms with Gasteiger partial charge in [0.1, 0.15) is 10.4 Å². The van der Waals surface area contributed by atoms with Crippen LogP contribution in [0.4, 0.5) is 0 Å². The Balaban J connectivity index is 2.52. The third-order valence-corrected chi connectivity index (χ3v) is 11.8. The lowest BCUT2D eigenvalue weighted by Gasteiger charge is -2.41. The maximum atomic E-state index is 11.8. The predicted molar refractivity (Wildman–Crippen MR) is 113 cm³/mol. The lowest BCUT2D eigenvalue weighted by atomic mass is 9.85. The summed E-state index contributed by atoms with van der Waals surface area (Å²) in [7, 11) is 3.23. The molecule has 0 amide bonds. The van der Waals surface area contributed by atoms with Gasteiger partial charge in [-0.05, 0) is 6.42 Å². The Morgan fingerprint density at radius 2 is 1.60 bits per heavy atom. The number of alkyl halides is 2. The highest BCUT2D eigenvalue weighted by molar-refractivity contribution is 9.16. The van der Waals surface area contributed by atoms with E-state index in [9.17, 15) is 4.79 Å². The molecule has 2 rings (SSSR count). The largest absolute Gasteiger partial charge is 0.460 e. The first-order valence-electron chi connectivity index (χ1n) is 8.40. The second-order valence-electron chi connectivity index (χ2n) is 6.56. The summed E-state index contributed by atoms with van der Waals surface area (Å²) in [6.07, 6.45) is 5.03. The van der Waals surface area contributed by atoms with Crippen LogP contribution in [0.1, 0.15) is 46.0 Å². The molecule has 1 saturated carbocycles. The molecule has 0 spiro atoms. The van der Waals surface area contributed by atoms with E-state index in [-0.39, 0.29) is 11.9 Å². The van der Waals surface area contributed by atoms with Crippen LogP contribution in [0.3, 0.4) is 0 Å². The van der Waals surface area contributed by atoms with Crippen LogP contribution >= 0.6 is 63.7 Å². The predicted octanol–water partition coefficient (Wildman–Crippen LogP) is 5.79. The van der Waals surface area contributed by atoms with Gasteiger partial charge in [0, 0.05) is 36.0 Å². The Morgan fingerprint density at radius 1 is 1.04 bits per heavy atom. The van der Waals surface area contributed by atoms with Crippen LogP contribution in [-0.2, 0) is 19.0 Å². The number of hydrogen-bond donors (Lipinski definition) is 0. The Hall–Kier alpha value is 1.05. The summed E-state index contributed by atoms with van der Waals surface area (Å²) in [5.74, 6) is -1.39. The lowest BCUT2D eigenvalue weighted by molar-refractivity contribution is -0.217. The fraction of sp³-hybridized carbons (Fsp3) is 0.824. The van der Waals surface area contributed by atoms with Crippen LogP contribution in [0.25, 0.3) is 0 Å². The molecular weight excluding hydrogens is 588 g/mol. The maximum absolute atomic E-state index is 11.8. The van der Waals surface area contributed by atoms with Crippen LogP contribution in [0.5, 0.6) is 0 Å². The number of rotatable bonds is 8. The molecule has 2 aliphatic rings. The van der Waals surface area contributed by atoms with Gasteiger partial charge in [-0.1, -0.05) is 96.3 Å². The van der Waals surface area contributed by atoms with Crippen LogP contribution < -0.4 is 0 Å². The van der Waals surface area contributed by atoms with Gasteiger partial charge in [0.2, 0.25) is 5.79 Å². The number of fused-ring (bicyclic) bond motifs is 2. The van der Waals surface area contributed by atoms with Crippen molar-refractivity contribution in [1.82, 2.24) is 0 Å². The second kappa shape index (κ2) is 8.19. The van der Waals surface area contributed by atoms with Gasteiger partial charge in [0.15, 0.2) is 4.32 Å². The van der Waals surface area contributed by atoms with Crippen molar-refractivity contribution in [3.05, 3.63) is 8.96 Å². The number of methoxy groups -OCH3 is 2. The van der Waals surface area contributed by atoms with E-state index in [0.29, 0.717) is 0 Å². The molecule has 1 fully saturated rings. The SMILES string of the molecule is CCCCCCC1C(OC(C)=O)C2(Br)C(Br)=C(Br)C1(Br)C2(OC)OC. The number of halogens is 4. The summed E-state index contributed by atoms with van der Waals surface area (Å²) < 4.78 is 17.9. The van der Waals surface area contributed by atoms with E-state index in [1.54, 1.807) is 14.2 Å². The molecule has 25 heavy (non-hydrogen) atoms. The number of hydrogen-bond acceptors (Lipinski definition) is 4. The highest BCUT2D eigenvalue weighted by Gasteiger charge is 2.84. The zero-order valence-corrected chi connectivity index (χ0v) is 21.2. The Kier molecular flexibility index (Phi) is 7.32. The average molecular weight is 612 g/mol. The third-order valence-electron chi connectivity index (χ3n) is 5.29. The standard InChI is InChI=1S/C17H24Br4O4/c1-5-6-7-8-9-11-14(25-10(2)22)16(21)13(19)12(18)15(11,20)17(16,23-3)24-4/h11,14H,5-9H2,1-4H3. The molecule has 144 valence electrons. The van der Waals surface area contributed by atoms with Crippen LogP contribution in [0, 0.1) is 5.92 Å². The van der Waals surface area contributed by atoms with E-state index in [1.165, 1.54) is 19.8 Å². The smallest absolute Gasteiger partial charge is 0.302 e. The van der Waals surface area contributed by atoms with Gasteiger partial charge < -0.3 is 14.2 Å². The summed E-state index contributed by atoms with van der Waals surface area (Å²) in [4.78, 5) is 11.8. The molecule has 2 aliphatic carbocycles. The van der Waals surface area contributed by atoms with E-state index in [2.05, 4.69) is 70.6 Å². The summed E-state index contributed by atoms with van der Waals surface area (Å²) in [5.41, 5.74) is 0. The fourth-order valence-electron chi connectivity index (χ4n) is 4.24. The van der Waals surface area contributed by atoms with E-state index in [4.69, 9.17) is 14.2 Å². The summed E-state index contributed by atoms with van der Waals surface area (Å²) in [6.45, 7) is 3.63. The number of esters is 1. The summed E-state index contributed by atoms with van der Waals surface area (Å²) >= 11 is 15.2. The summed E-state index contributed by atoms with van der Waals surface area (Å²) in [6, 6.07) is 0. The number of carbonyl (C=O) groups excluding carboxylic acids is 1. The van der Waals surface area contributed by atoms with E-state index in [0.717, 1.165) is 28.2 Å². The number of unbranched alkanes of at least 4 members (excludes halogenated alkanes) is 3. The van der Waals surface area contributed by atoms with Crippen molar-refractivity contribution in [2.45, 2.75) is 66.5 Å². The zero-order chi connectivity index (χ0) is 19.0. The molecule has 0 aliphatic heterocycles. The zero-order valence-electron chi connectivity index (χ0n) is 14.8. The number of carbonyl (C=O) groups is 1. The van der Waals surface area contributed by atoms with Crippen molar-refractivity contribution in [3.63, 3.8) is 0 Å². The van der Waals surface area contributed by atoms with E-state index in [1.807, 2.05) is 0 Å². The third kappa shape index (κ3) is 2.96. The summed E-state index contributed by atoms with van der Waals surface area (Å²) in [5, 5.41) is 0. The molecule has 4 atom stereocenters. The van der Waals surface area contributed by atoms with Gasteiger partial charge in [0.05, 0.1) is 0 Å². The number of ether oxygens (including phenoxy) is 3. The molecule has 2 bridgehead atoms. The van der Waals surface area contributed by atoms with Crippen LogP contribution in [0.2, 0.25) is 0 Å². The molecule has 0 heterocycles. The molecule has 0 aromatic carbocycles. The average Bonchev–Trinajstić information content (AvgIpc) is 2.81. The monoisotopic (exact) mass is 608 g/mol. The molecule has 0 aromatic rings. The molecular formula is C17H24Br4O4. The van der Waals surface area contributed by atoms with Crippen molar-refractivity contribution in [1.29, 1.82) is 0 Å². The normalized spacial score (nSPS) is 36.2. The maximum Gasteiger partial charge on any atom is 0.302 e. The van der Waals surface area contributed by atoms with E-state index >= 15 is 0 Å². The van der Waals surface area contributed by atoms with Crippen molar-refractivity contribution in [2.24, 2.45) is 5.92 Å². The molecule has 0 radical (unpaired) electrons. The molecule has 4 unspecified atom stereocenters. The molecule has 0 aromatic heterocycles. The van der Waals surface area contributed by atoms with Crippen molar-refractivity contribution >= 4 is 69.7 Å². The van der Waals surface area contributed by atoms with Crippen molar-refractivity contribution < 1.29 is 19.0 Å². The molecule has 0 saturated heterocycles. The highest BCUT2D eigenvalue weighted by atomic mass is 79.9. The lowest BCUT2D eigenvalue weighted by Crippen LogP contribution is -2.57. The van der Waals surface area contributed by atoms with Crippen LogP contribution in [0.15, 0.2) is 8.96 Å². The Bertz CT molecular complexity index is 563. The highest BCUT2D eigenvalue weighted by Crippen LogP contribution is 2.74. The second-order valence-corrected chi connectivity index (χ2v) is 10.6. The minimum atomic E-state index is -1.06. The minimum Gasteiger partial charge on any atom is -0.460 e. The Morgan fingerprint density at radius 3 is 2.08 bits per heavy atom. The Labute approximate surface area is 183 Å². The van der Waals surface area contributed by atoms with Gasteiger partial charge in [-0.3, -0.25) is 4.79 Å². The fourth-order valence-corrected chi connectivity index (χ4v) is 9.25. The minimum absolute atomic E-state index is 0.0109. The van der Waals surface area contributed by atoms with Crippen LogP contribution in [-0.4, -0.2) is 40.7 Å². The van der Waals surface area contributed by atoms with Gasteiger partial charge >= 0.3 is 5.97 Å². The molecule has 8 heteroatoms.